The van der Waals surface area contributed by atoms with Crippen LogP contribution in [-0.4, -0.2) is 35.6 Å². The van der Waals surface area contributed by atoms with Gasteiger partial charge in [-0.05, 0) is 42.5 Å². The number of nitrogens with zero attached hydrogens (tertiary/aromatic N) is 2. The van der Waals surface area contributed by atoms with Crippen LogP contribution in [0, 0.1) is 0 Å². The highest BCUT2D eigenvalue weighted by molar-refractivity contribution is 6.31. The molecule has 0 aliphatic heterocycles. The topological polar surface area (TPSA) is 64.9 Å². The first kappa shape index (κ1) is 17.8. The van der Waals surface area contributed by atoms with Crippen molar-refractivity contribution in [1.29, 1.82) is 0 Å². The zero-order chi connectivity index (χ0) is 18.4. The van der Waals surface area contributed by atoms with Crippen molar-refractivity contribution in [2.45, 2.75) is 0 Å². The zero-order valence-corrected chi connectivity index (χ0v) is 14.9. The number of benzene rings is 1. The van der Waals surface area contributed by atoms with Crippen molar-refractivity contribution in [3.8, 4) is 11.5 Å². The molecule has 1 aromatic carbocycles. The number of aromatic nitrogens is 2. The fourth-order valence-electron chi connectivity index (χ4n) is 2.36. The Balaban J connectivity index is 1.49. The molecule has 1 N–H and O–H groups in total. The molecule has 0 saturated heterocycles. The van der Waals surface area contributed by atoms with Gasteiger partial charge in [-0.1, -0.05) is 17.7 Å². The Morgan fingerprint density at radius 2 is 2.00 bits per heavy atom. The Labute approximate surface area is 156 Å². The number of hydrogen-bond donors (Lipinski definition) is 1. The van der Waals surface area contributed by atoms with Crippen molar-refractivity contribution in [2.75, 3.05) is 20.3 Å². The molecule has 0 bridgehead atoms. The van der Waals surface area contributed by atoms with Crippen LogP contribution in [0.4, 0.5) is 0 Å². The molecular weight excluding hydrogens is 354 g/mol. The Morgan fingerprint density at radius 3 is 2.77 bits per heavy atom. The Morgan fingerprint density at radius 1 is 1.23 bits per heavy atom. The number of rotatable bonds is 7. The lowest BCUT2D eigenvalue weighted by atomic mass is 10.3. The zero-order valence-electron chi connectivity index (χ0n) is 14.2. The third-order valence-corrected chi connectivity index (χ3v) is 3.92. The summed E-state index contributed by atoms with van der Waals surface area (Å²) in [5.41, 5.74) is 1.39. The summed E-state index contributed by atoms with van der Waals surface area (Å²) >= 11 is 6.12. The number of halogens is 1. The summed E-state index contributed by atoms with van der Waals surface area (Å²) < 4.78 is 12.5. The smallest absolute Gasteiger partial charge is 0.244 e. The molecule has 0 saturated carbocycles. The fraction of sp³-hybridized carbons (Fsp3) is 0.158. The summed E-state index contributed by atoms with van der Waals surface area (Å²) in [5.74, 6) is 1.25. The molecular formula is C19H18ClN3O3. The predicted octanol–water partition coefficient (Wildman–Crippen LogP) is 3.20. The minimum absolute atomic E-state index is 0.231. The summed E-state index contributed by atoms with van der Waals surface area (Å²) in [5, 5.41) is 3.11. The largest absolute Gasteiger partial charge is 0.497 e. The monoisotopic (exact) mass is 371 g/mol. The number of pyridine rings is 1. The van der Waals surface area contributed by atoms with Crippen molar-refractivity contribution in [2.24, 2.45) is 0 Å². The summed E-state index contributed by atoms with van der Waals surface area (Å²) in [6.45, 7) is 0.748. The van der Waals surface area contributed by atoms with Gasteiger partial charge in [0.15, 0.2) is 5.15 Å². The van der Waals surface area contributed by atoms with Gasteiger partial charge in [-0.15, -0.1) is 0 Å². The van der Waals surface area contributed by atoms with E-state index in [1.54, 1.807) is 13.2 Å². The van der Waals surface area contributed by atoms with Crippen molar-refractivity contribution in [3.05, 3.63) is 65.6 Å². The summed E-state index contributed by atoms with van der Waals surface area (Å²) in [6, 6.07) is 12.9. The van der Waals surface area contributed by atoms with Crippen molar-refractivity contribution in [3.63, 3.8) is 0 Å². The van der Waals surface area contributed by atoms with Crippen molar-refractivity contribution in [1.82, 2.24) is 14.7 Å². The Hall–Kier alpha value is -2.99. The van der Waals surface area contributed by atoms with Gasteiger partial charge in [0.25, 0.3) is 0 Å². The Bertz CT molecular complexity index is 919. The first-order valence-electron chi connectivity index (χ1n) is 8.03. The van der Waals surface area contributed by atoms with Gasteiger partial charge in [0.2, 0.25) is 5.91 Å². The van der Waals surface area contributed by atoms with Crippen LogP contribution >= 0.6 is 11.6 Å². The predicted molar refractivity (Wildman–Crippen MR) is 101 cm³/mol. The van der Waals surface area contributed by atoms with E-state index in [4.69, 9.17) is 21.1 Å². The van der Waals surface area contributed by atoms with Gasteiger partial charge < -0.3 is 14.8 Å². The standard InChI is InChI=1S/C19H18ClN3O3/c1-25-14-5-7-15(8-6-14)26-13-11-21-18(24)10-9-16-19(20)22-17-4-2-3-12-23(16)17/h2-10,12H,11,13H2,1H3,(H,21,24)/b10-9+. The highest BCUT2D eigenvalue weighted by Gasteiger charge is 2.07. The van der Waals surface area contributed by atoms with Gasteiger partial charge in [-0.2, -0.15) is 0 Å². The minimum atomic E-state index is -0.231. The van der Waals surface area contributed by atoms with Crippen molar-refractivity contribution < 1.29 is 14.3 Å². The van der Waals surface area contributed by atoms with Crippen LogP contribution in [0.3, 0.4) is 0 Å². The third kappa shape index (κ3) is 4.34. The maximum Gasteiger partial charge on any atom is 0.244 e. The third-order valence-electron chi connectivity index (χ3n) is 3.64. The first-order valence-corrected chi connectivity index (χ1v) is 8.40. The van der Waals surface area contributed by atoms with E-state index >= 15 is 0 Å². The molecule has 0 aliphatic carbocycles. The second-order valence-electron chi connectivity index (χ2n) is 5.37. The summed E-state index contributed by atoms with van der Waals surface area (Å²) in [7, 11) is 1.61. The van der Waals surface area contributed by atoms with Gasteiger partial charge in [-0.3, -0.25) is 9.20 Å². The lowest BCUT2D eigenvalue weighted by Gasteiger charge is -2.07. The van der Waals surface area contributed by atoms with Gasteiger partial charge >= 0.3 is 0 Å². The normalized spacial score (nSPS) is 11.0. The number of hydrogen-bond acceptors (Lipinski definition) is 4. The van der Waals surface area contributed by atoms with E-state index in [1.165, 1.54) is 6.08 Å². The van der Waals surface area contributed by atoms with E-state index in [2.05, 4.69) is 10.3 Å². The summed E-state index contributed by atoms with van der Waals surface area (Å²) in [6.07, 6.45) is 4.91. The molecule has 6 nitrogen and oxygen atoms in total. The summed E-state index contributed by atoms with van der Waals surface area (Å²) in [4.78, 5) is 16.2. The number of carbonyl (C=O) groups excluding carboxylic acids is 1. The number of amides is 1. The average molecular weight is 372 g/mol. The molecule has 2 heterocycles. The number of methoxy groups -OCH3 is 1. The van der Waals surface area contributed by atoms with Gasteiger partial charge in [0, 0.05) is 12.3 Å². The number of imidazole rings is 1. The second-order valence-corrected chi connectivity index (χ2v) is 5.72. The molecule has 0 atom stereocenters. The van der Waals surface area contributed by atoms with Crippen LogP contribution in [-0.2, 0) is 4.79 Å². The van der Waals surface area contributed by atoms with Crippen LogP contribution in [0.25, 0.3) is 11.7 Å². The van der Waals surface area contributed by atoms with Gasteiger partial charge in [-0.25, -0.2) is 4.98 Å². The molecule has 0 spiro atoms. The minimum Gasteiger partial charge on any atom is -0.497 e. The second kappa shape index (κ2) is 8.40. The average Bonchev–Trinajstić information content (AvgIpc) is 2.99. The van der Waals surface area contributed by atoms with E-state index in [0.29, 0.717) is 29.7 Å². The van der Waals surface area contributed by atoms with Gasteiger partial charge in [0.05, 0.1) is 19.3 Å². The maximum atomic E-state index is 11.9. The molecule has 3 aromatic rings. The maximum absolute atomic E-state index is 11.9. The van der Waals surface area contributed by atoms with Crippen LogP contribution in [0.1, 0.15) is 5.69 Å². The fourth-order valence-corrected chi connectivity index (χ4v) is 2.60. The molecule has 0 unspecified atom stereocenters. The SMILES string of the molecule is COc1ccc(OCCNC(=O)/C=C/c2c(Cl)nc3ccccn23)cc1. The van der Waals surface area contributed by atoms with E-state index in [9.17, 15) is 4.79 Å². The molecule has 0 radical (unpaired) electrons. The molecule has 7 heteroatoms. The number of fused-ring (bicyclic) bond motifs is 1. The lowest BCUT2D eigenvalue weighted by molar-refractivity contribution is -0.116. The Kier molecular flexibility index (Phi) is 5.76. The van der Waals surface area contributed by atoms with Crippen LogP contribution in [0.5, 0.6) is 11.5 Å². The van der Waals surface area contributed by atoms with Crippen LogP contribution in [0.2, 0.25) is 5.15 Å². The van der Waals surface area contributed by atoms with E-state index in [1.807, 2.05) is 53.1 Å². The molecule has 0 aliphatic rings. The number of ether oxygens (including phenoxy) is 2. The van der Waals surface area contributed by atoms with Crippen LogP contribution < -0.4 is 14.8 Å². The van der Waals surface area contributed by atoms with Crippen molar-refractivity contribution >= 4 is 29.2 Å². The van der Waals surface area contributed by atoms with E-state index in [0.717, 1.165) is 11.4 Å². The highest BCUT2D eigenvalue weighted by Crippen LogP contribution is 2.19. The highest BCUT2D eigenvalue weighted by atomic mass is 35.5. The number of nitrogens with one attached hydrogen (secondary N) is 1. The quantitative estimate of drug-likeness (QED) is 0.511. The molecule has 134 valence electrons. The molecule has 0 fully saturated rings. The number of carbonyl (C=O) groups is 1. The first-order chi connectivity index (χ1) is 12.7. The molecule has 3 rings (SSSR count). The van der Waals surface area contributed by atoms with E-state index < -0.39 is 0 Å². The van der Waals surface area contributed by atoms with E-state index in [-0.39, 0.29) is 5.91 Å². The van der Waals surface area contributed by atoms with Gasteiger partial charge in [0.1, 0.15) is 23.8 Å². The molecule has 2 aromatic heterocycles. The lowest BCUT2D eigenvalue weighted by Crippen LogP contribution is -2.26. The molecule has 1 amide bonds. The molecule has 26 heavy (non-hydrogen) atoms. The van der Waals surface area contributed by atoms with Crippen LogP contribution in [0.15, 0.2) is 54.7 Å².